The molecule has 4 heteroatoms. The van der Waals surface area contributed by atoms with Gasteiger partial charge in [0.15, 0.2) is 0 Å². The van der Waals surface area contributed by atoms with Crippen LogP contribution in [0.1, 0.15) is 5.56 Å². The molecule has 0 radical (unpaired) electrons. The summed E-state index contributed by atoms with van der Waals surface area (Å²) in [4.78, 5) is 11.5. The first-order valence-corrected chi connectivity index (χ1v) is 5.30. The van der Waals surface area contributed by atoms with Crippen molar-refractivity contribution in [3.05, 3.63) is 28.2 Å². The number of amides is 1. The molecule has 1 atom stereocenters. The molecular weight excluding hydrogens is 244 g/mol. The van der Waals surface area contributed by atoms with Gasteiger partial charge in [-0.05, 0) is 24.1 Å². The van der Waals surface area contributed by atoms with Crippen LogP contribution < -0.4 is 11.1 Å². The number of fused-ring (bicyclic) bond motifs is 1. The Morgan fingerprint density at radius 1 is 1.57 bits per heavy atom. The van der Waals surface area contributed by atoms with Crippen LogP contribution in [-0.2, 0) is 11.2 Å². The zero-order chi connectivity index (χ0) is 10.1. The van der Waals surface area contributed by atoms with Crippen molar-refractivity contribution in [3.8, 4) is 0 Å². The fourth-order valence-corrected chi connectivity index (χ4v) is 2.18. The third kappa shape index (κ3) is 1.55. The van der Waals surface area contributed by atoms with Crippen molar-refractivity contribution in [3.63, 3.8) is 0 Å². The molecule has 0 saturated heterocycles. The van der Waals surface area contributed by atoms with Crippen LogP contribution in [0.3, 0.4) is 0 Å². The second kappa shape index (κ2) is 3.71. The lowest BCUT2D eigenvalue weighted by molar-refractivity contribution is -0.119. The Kier molecular flexibility index (Phi) is 2.56. The van der Waals surface area contributed by atoms with Crippen LogP contribution in [0.15, 0.2) is 22.7 Å². The van der Waals surface area contributed by atoms with E-state index in [9.17, 15) is 4.79 Å². The Morgan fingerprint density at radius 3 is 3.07 bits per heavy atom. The lowest BCUT2D eigenvalue weighted by atomic mass is 9.93. The van der Waals surface area contributed by atoms with Gasteiger partial charge in [0, 0.05) is 16.7 Å². The van der Waals surface area contributed by atoms with Gasteiger partial charge < -0.3 is 11.1 Å². The molecule has 74 valence electrons. The molecule has 1 aromatic rings. The molecule has 0 bridgehead atoms. The van der Waals surface area contributed by atoms with Gasteiger partial charge in [-0.3, -0.25) is 4.79 Å². The van der Waals surface area contributed by atoms with E-state index in [1.807, 2.05) is 18.2 Å². The molecule has 3 nitrogen and oxygen atoms in total. The van der Waals surface area contributed by atoms with E-state index in [-0.39, 0.29) is 11.8 Å². The van der Waals surface area contributed by atoms with E-state index in [4.69, 9.17) is 5.73 Å². The molecule has 14 heavy (non-hydrogen) atoms. The number of nitrogens with one attached hydrogen (secondary N) is 1. The number of benzene rings is 1. The van der Waals surface area contributed by atoms with E-state index < -0.39 is 0 Å². The van der Waals surface area contributed by atoms with Crippen LogP contribution in [-0.4, -0.2) is 12.5 Å². The highest BCUT2D eigenvalue weighted by molar-refractivity contribution is 9.10. The third-order valence-corrected chi connectivity index (χ3v) is 3.23. The Balaban J connectivity index is 2.40. The average molecular weight is 255 g/mol. The van der Waals surface area contributed by atoms with Crippen molar-refractivity contribution >= 4 is 27.5 Å². The number of carbonyl (C=O) groups is 1. The zero-order valence-corrected chi connectivity index (χ0v) is 9.17. The second-order valence-electron chi connectivity index (χ2n) is 3.39. The van der Waals surface area contributed by atoms with Gasteiger partial charge in [-0.15, -0.1) is 0 Å². The number of hydrogen-bond acceptors (Lipinski definition) is 2. The number of nitrogens with two attached hydrogens (primary N) is 1. The minimum absolute atomic E-state index is 0.0260. The van der Waals surface area contributed by atoms with Crippen molar-refractivity contribution in [2.45, 2.75) is 6.42 Å². The topological polar surface area (TPSA) is 55.1 Å². The quantitative estimate of drug-likeness (QED) is 0.799. The van der Waals surface area contributed by atoms with Crippen molar-refractivity contribution in [2.24, 2.45) is 11.7 Å². The minimum Gasteiger partial charge on any atom is -0.330 e. The highest BCUT2D eigenvalue weighted by atomic mass is 79.9. The summed E-state index contributed by atoms with van der Waals surface area (Å²) in [6.45, 7) is 0.395. The standard InChI is InChI=1S/C10H11BrN2O/c11-8-2-1-3-9-7(8)4-6(5-12)10(14)13-9/h1-3,6H,4-5,12H2,(H,13,14). The number of anilines is 1. The highest BCUT2D eigenvalue weighted by Crippen LogP contribution is 2.31. The first-order chi connectivity index (χ1) is 6.72. The molecule has 1 aromatic carbocycles. The van der Waals surface area contributed by atoms with Crippen LogP contribution in [0.2, 0.25) is 0 Å². The number of halogens is 1. The molecule has 1 amide bonds. The highest BCUT2D eigenvalue weighted by Gasteiger charge is 2.25. The summed E-state index contributed by atoms with van der Waals surface area (Å²) in [5, 5.41) is 2.85. The molecule has 0 spiro atoms. The maximum Gasteiger partial charge on any atom is 0.229 e. The Bertz CT molecular complexity index is 378. The van der Waals surface area contributed by atoms with E-state index in [0.717, 1.165) is 22.1 Å². The summed E-state index contributed by atoms with van der Waals surface area (Å²) in [6, 6.07) is 5.79. The van der Waals surface area contributed by atoms with Gasteiger partial charge in [0.2, 0.25) is 5.91 Å². The van der Waals surface area contributed by atoms with E-state index in [2.05, 4.69) is 21.2 Å². The van der Waals surface area contributed by atoms with Crippen LogP contribution >= 0.6 is 15.9 Å². The van der Waals surface area contributed by atoms with E-state index in [1.165, 1.54) is 0 Å². The number of carbonyl (C=O) groups excluding carboxylic acids is 1. The molecule has 1 heterocycles. The van der Waals surface area contributed by atoms with Crippen molar-refractivity contribution in [1.29, 1.82) is 0 Å². The Hall–Kier alpha value is -0.870. The monoisotopic (exact) mass is 254 g/mol. The first-order valence-electron chi connectivity index (χ1n) is 4.50. The van der Waals surface area contributed by atoms with Gasteiger partial charge in [0.1, 0.15) is 0 Å². The van der Waals surface area contributed by atoms with E-state index >= 15 is 0 Å². The predicted molar refractivity (Wildman–Crippen MR) is 59.0 cm³/mol. The smallest absolute Gasteiger partial charge is 0.229 e. The minimum atomic E-state index is -0.0961. The fourth-order valence-electron chi connectivity index (χ4n) is 1.65. The normalized spacial score (nSPS) is 20.1. The van der Waals surface area contributed by atoms with E-state index in [0.29, 0.717) is 6.54 Å². The summed E-state index contributed by atoms with van der Waals surface area (Å²) >= 11 is 3.47. The van der Waals surface area contributed by atoms with Gasteiger partial charge in [-0.2, -0.15) is 0 Å². The summed E-state index contributed by atoms with van der Waals surface area (Å²) in [5.41, 5.74) is 7.56. The molecule has 1 aliphatic heterocycles. The Morgan fingerprint density at radius 2 is 2.36 bits per heavy atom. The van der Waals surface area contributed by atoms with Crippen LogP contribution in [0.5, 0.6) is 0 Å². The lowest BCUT2D eigenvalue weighted by Crippen LogP contribution is -2.35. The maximum atomic E-state index is 11.5. The third-order valence-electron chi connectivity index (χ3n) is 2.48. The summed E-state index contributed by atoms with van der Waals surface area (Å²) < 4.78 is 1.04. The lowest BCUT2D eigenvalue weighted by Gasteiger charge is -2.24. The molecule has 0 fully saturated rings. The molecular formula is C10H11BrN2O. The van der Waals surface area contributed by atoms with Gasteiger partial charge in [-0.25, -0.2) is 0 Å². The summed E-state index contributed by atoms with van der Waals surface area (Å²) in [7, 11) is 0. The van der Waals surface area contributed by atoms with E-state index in [1.54, 1.807) is 0 Å². The SMILES string of the molecule is NCC1Cc2c(Br)cccc2NC1=O. The number of rotatable bonds is 1. The molecule has 0 aromatic heterocycles. The molecule has 0 saturated carbocycles. The zero-order valence-electron chi connectivity index (χ0n) is 7.59. The molecule has 2 rings (SSSR count). The van der Waals surface area contributed by atoms with Crippen molar-refractivity contribution in [2.75, 3.05) is 11.9 Å². The molecule has 0 aliphatic carbocycles. The summed E-state index contributed by atoms with van der Waals surface area (Å²) in [5.74, 6) is -0.0701. The molecule has 1 unspecified atom stereocenters. The van der Waals surface area contributed by atoms with Crippen LogP contribution in [0.4, 0.5) is 5.69 Å². The second-order valence-corrected chi connectivity index (χ2v) is 4.25. The van der Waals surface area contributed by atoms with Crippen molar-refractivity contribution < 1.29 is 4.79 Å². The van der Waals surface area contributed by atoms with Gasteiger partial charge in [0.05, 0.1) is 5.92 Å². The van der Waals surface area contributed by atoms with Crippen LogP contribution in [0.25, 0.3) is 0 Å². The fraction of sp³-hybridized carbons (Fsp3) is 0.300. The predicted octanol–water partition coefficient (Wildman–Crippen LogP) is 1.52. The maximum absolute atomic E-state index is 11.5. The van der Waals surface area contributed by atoms with Gasteiger partial charge in [0.25, 0.3) is 0 Å². The van der Waals surface area contributed by atoms with Gasteiger partial charge >= 0.3 is 0 Å². The number of hydrogen-bond donors (Lipinski definition) is 2. The summed E-state index contributed by atoms with van der Waals surface area (Å²) in [6.07, 6.45) is 0.721. The average Bonchev–Trinajstić information content (AvgIpc) is 2.17. The largest absolute Gasteiger partial charge is 0.330 e. The molecule has 3 N–H and O–H groups in total. The Labute approximate surface area is 90.8 Å². The molecule has 1 aliphatic rings. The van der Waals surface area contributed by atoms with Gasteiger partial charge in [-0.1, -0.05) is 22.0 Å². The first kappa shape index (κ1) is 9.68. The van der Waals surface area contributed by atoms with Crippen LogP contribution in [0, 0.1) is 5.92 Å². The van der Waals surface area contributed by atoms with Crippen molar-refractivity contribution in [1.82, 2.24) is 0 Å².